The van der Waals surface area contributed by atoms with Gasteiger partial charge in [-0.2, -0.15) is 0 Å². The number of likely N-dealkylation sites (N-methyl/N-ethyl adjacent to an activating group) is 2. The van der Waals surface area contributed by atoms with Crippen molar-refractivity contribution in [1.29, 1.82) is 0 Å². The molecule has 1 aliphatic rings. The Balaban J connectivity index is 0.000000208. The van der Waals surface area contributed by atoms with Gasteiger partial charge >= 0.3 is 18.3 Å². The Morgan fingerprint density at radius 3 is 1.21 bits per heavy atom. The summed E-state index contributed by atoms with van der Waals surface area (Å²) in [5.41, 5.74) is 31.7. The van der Waals surface area contributed by atoms with Gasteiger partial charge in [-0.15, -0.1) is 10.2 Å². The zero-order valence-electron chi connectivity index (χ0n) is 63.2. The molecule has 0 spiro atoms. The van der Waals surface area contributed by atoms with E-state index in [1.54, 1.807) is 93.1 Å². The Bertz CT molecular complexity index is 4420. The number of rotatable bonds is 32. The first-order valence-electron chi connectivity index (χ1n) is 35.4. The number of likely N-dealkylation sites (tertiary alicyclic amines) is 1. The topological polar surface area (TPSA) is 450 Å². The van der Waals surface area contributed by atoms with E-state index >= 15 is 0 Å². The lowest BCUT2D eigenvalue weighted by Gasteiger charge is -2.25. The minimum absolute atomic E-state index is 0.0332. The number of pyridine rings is 3. The van der Waals surface area contributed by atoms with Crippen molar-refractivity contribution in [3.05, 3.63) is 209 Å². The summed E-state index contributed by atoms with van der Waals surface area (Å²) in [5, 5.41) is 17.3. The lowest BCUT2D eigenvalue weighted by molar-refractivity contribution is -0.127. The highest BCUT2D eigenvalue weighted by Crippen LogP contribution is 2.26. The van der Waals surface area contributed by atoms with Gasteiger partial charge in [-0.05, 0) is 114 Å². The Hall–Kier alpha value is -11.8. The van der Waals surface area contributed by atoms with E-state index in [9.17, 15) is 43.2 Å². The number of nitrogens with zero attached hydrogens (tertiary/aromatic N) is 10. The second-order valence-electron chi connectivity index (χ2n) is 28.1. The number of aromatic nitrogens is 7. The Kier molecular flexibility index (Phi) is 29.6. The van der Waals surface area contributed by atoms with E-state index in [2.05, 4.69) is 36.1 Å². The Morgan fingerprint density at radius 1 is 0.473 bits per heavy atom. The van der Waals surface area contributed by atoms with Crippen molar-refractivity contribution in [2.45, 2.75) is 142 Å². The summed E-state index contributed by atoms with van der Waals surface area (Å²) >= 11 is 0. The number of imidazole rings is 2. The number of primary amides is 2. The lowest BCUT2D eigenvalue weighted by atomic mass is 10.1. The standard InChI is InChI=1S/C28H35N5O5.C25H32N6O5.C24H31N7O5/c1-19(34)24-13-8-14-32(24)27(36)38-17-22-12-7-11-21-15-30-25(33(21)22)23(31-26(35)28(2,3)29)18-37-16-20-9-5-4-6-10-20;1-25(2,27)23(33)29-20(16-35-14-17-8-5-4-6-9-17)22-28-12-18-10-7-11-19(31(18)22)15-36-24(34)30(3)13-21(26)32;1-24(2,26)22(33)27-18(15-35-13-16-8-5-4-6-9-16)21-29-28-20-11-7-10-17(31(20)21)14-36-23(34)30(3)12-19(25)32/h4-7,9-12,15,23-24H,8,13-14,16-18,29H2,1-3H3,(H,31,35);4-12,20H,13-16,27H2,1-3H3,(H2,26,32)(H,29,33);4-11,18H,12-15,26H2,1-3H3,(H2,25,32)(H,27,33)/t23-,24?;20-;18-/m111/s1. The predicted molar refractivity (Wildman–Crippen MR) is 404 cm³/mol. The molecule has 9 aromatic rings. The molecule has 1 aliphatic heterocycles. The van der Waals surface area contributed by atoms with Crippen LogP contribution in [0.2, 0.25) is 0 Å². The summed E-state index contributed by atoms with van der Waals surface area (Å²) in [6, 6.07) is 42.8. The van der Waals surface area contributed by atoms with Gasteiger partial charge in [-0.25, -0.2) is 24.4 Å². The first kappa shape index (κ1) is 83.9. The van der Waals surface area contributed by atoms with Crippen LogP contribution in [0.5, 0.6) is 0 Å². The highest BCUT2D eigenvalue weighted by Gasteiger charge is 2.35. The molecule has 10 rings (SSSR count). The fraction of sp³-hybridized carbons (Fsp3) is 0.390. The van der Waals surface area contributed by atoms with Crippen molar-refractivity contribution in [2.75, 3.05) is 53.6 Å². The van der Waals surface area contributed by atoms with E-state index in [0.717, 1.165) is 43.9 Å². The van der Waals surface area contributed by atoms with Crippen molar-refractivity contribution in [3.8, 4) is 0 Å². The number of Topliss-reactive ketones (excluding diaryl/α,β-unsaturated/α-hetero) is 1. The van der Waals surface area contributed by atoms with Gasteiger partial charge < -0.3 is 82.8 Å². The molecule has 1 saturated heterocycles. The average molecular weight is 1520 g/mol. The number of fused-ring (bicyclic) bond motifs is 3. The van der Waals surface area contributed by atoms with Crippen LogP contribution in [0.25, 0.3) is 16.7 Å². The number of hydrogen-bond acceptors (Lipinski definition) is 22. The third kappa shape index (κ3) is 24.1. The minimum Gasteiger partial charge on any atom is -0.443 e. The summed E-state index contributed by atoms with van der Waals surface area (Å²) in [6.07, 6.45) is 2.81. The molecule has 110 heavy (non-hydrogen) atoms. The van der Waals surface area contributed by atoms with E-state index in [0.29, 0.717) is 73.0 Å². The van der Waals surface area contributed by atoms with Gasteiger partial charge in [0.05, 0.1) is 103 Å². The molecule has 0 aliphatic carbocycles. The summed E-state index contributed by atoms with van der Waals surface area (Å²) in [7, 11) is 2.82. The van der Waals surface area contributed by atoms with E-state index in [4.69, 9.17) is 57.1 Å². The van der Waals surface area contributed by atoms with Gasteiger partial charge in [-0.3, -0.25) is 46.9 Å². The third-order valence-electron chi connectivity index (χ3n) is 17.0. The molecule has 8 amide bonds. The normalized spacial score (nSPS) is 13.7. The number of hydrogen-bond donors (Lipinski definition) is 8. The molecule has 7 heterocycles. The van der Waals surface area contributed by atoms with Crippen LogP contribution in [0.15, 0.2) is 158 Å². The molecule has 0 saturated carbocycles. The maximum Gasteiger partial charge on any atom is 0.410 e. The van der Waals surface area contributed by atoms with Crippen molar-refractivity contribution in [1.82, 2.24) is 64.0 Å². The summed E-state index contributed by atoms with van der Waals surface area (Å²) in [6.45, 7) is 12.3. The molecular weight excluding hydrogens is 1420 g/mol. The highest BCUT2D eigenvalue weighted by molar-refractivity contribution is 5.87. The molecule has 1 fully saturated rings. The monoisotopic (exact) mass is 1510 g/mol. The summed E-state index contributed by atoms with van der Waals surface area (Å²) in [5.74, 6) is -1.07. The second kappa shape index (κ2) is 38.9. The third-order valence-corrected chi connectivity index (χ3v) is 17.0. The number of benzene rings is 3. The molecule has 4 atom stereocenters. The molecule has 33 heteroatoms. The number of nitrogens with one attached hydrogen (secondary N) is 3. The predicted octanol–water partition coefficient (Wildman–Crippen LogP) is 5.53. The highest BCUT2D eigenvalue weighted by atomic mass is 16.6. The van der Waals surface area contributed by atoms with Gasteiger partial charge in [0.25, 0.3) is 0 Å². The molecular formula is C77H98N18O15. The average Bonchev–Trinajstić information content (AvgIpc) is 1.64. The van der Waals surface area contributed by atoms with E-state index in [-0.39, 0.29) is 70.3 Å². The van der Waals surface area contributed by atoms with Crippen molar-refractivity contribution >= 4 is 70.3 Å². The quantitative estimate of drug-likeness (QED) is 0.0240. The molecule has 1 unspecified atom stereocenters. The van der Waals surface area contributed by atoms with Gasteiger partial charge in [0.1, 0.15) is 62.7 Å². The van der Waals surface area contributed by atoms with Crippen molar-refractivity contribution < 1.29 is 71.6 Å². The number of carbonyl (C=O) groups is 9. The molecule has 6 aromatic heterocycles. The van der Waals surface area contributed by atoms with Crippen LogP contribution in [0.1, 0.15) is 131 Å². The molecule has 586 valence electrons. The maximum absolute atomic E-state index is 12.8. The fourth-order valence-corrected chi connectivity index (χ4v) is 11.3. The number of amides is 8. The Labute approximate surface area is 636 Å². The number of carbonyl (C=O) groups excluding carboxylic acids is 9. The van der Waals surface area contributed by atoms with Crippen LogP contribution in [0, 0.1) is 0 Å². The molecule has 3 aromatic carbocycles. The molecule has 0 bridgehead atoms. The van der Waals surface area contributed by atoms with Crippen LogP contribution in [-0.4, -0.2) is 178 Å². The summed E-state index contributed by atoms with van der Waals surface area (Å²) < 4.78 is 39.5. The van der Waals surface area contributed by atoms with Gasteiger partial charge in [0.15, 0.2) is 17.3 Å². The van der Waals surface area contributed by atoms with Crippen LogP contribution in [-0.2, 0) is 96.8 Å². The summed E-state index contributed by atoms with van der Waals surface area (Å²) in [4.78, 5) is 122. The first-order chi connectivity index (χ1) is 52.3. The maximum atomic E-state index is 12.8. The fourth-order valence-electron chi connectivity index (χ4n) is 11.3. The van der Waals surface area contributed by atoms with E-state index < -0.39 is 76.8 Å². The van der Waals surface area contributed by atoms with Gasteiger partial charge in [0, 0.05) is 20.6 Å². The molecule has 33 nitrogen and oxygen atoms in total. The molecule has 13 N–H and O–H groups in total. The lowest BCUT2D eigenvalue weighted by Crippen LogP contribution is -2.51. The van der Waals surface area contributed by atoms with Crippen LogP contribution >= 0.6 is 0 Å². The number of nitrogens with two attached hydrogens (primary N) is 5. The SMILES string of the molecule is CC(=O)C1CCCN1C(=O)OCc1cccc2cnc([C@@H](COCc3ccccc3)NC(=O)C(C)(C)N)n12.CN(CC(N)=O)C(=O)OCc1cccc2cnc([C@@H](COCc3ccccc3)NC(=O)C(C)(C)N)n12.CN(CC(N)=O)C(=O)OCc1cccc2nnc([C@@H](COCc3ccccc3)NC(=O)C(C)(C)N)n12. The molecule has 0 radical (unpaired) electrons. The first-order valence-corrected chi connectivity index (χ1v) is 35.4. The van der Waals surface area contributed by atoms with Crippen LogP contribution in [0.4, 0.5) is 14.4 Å². The minimum atomic E-state index is -1.14. The van der Waals surface area contributed by atoms with E-state index in [1.807, 2.05) is 120 Å². The van der Waals surface area contributed by atoms with Crippen molar-refractivity contribution in [2.24, 2.45) is 28.7 Å². The smallest absolute Gasteiger partial charge is 0.410 e. The Morgan fingerprint density at radius 2 is 0.836 bits per heavy atom. The van der Waals surface area contributed by atoms with E-state index in [1.165, 1.54) is 25.9 Å². The zero-order valence-corrected chi connectivity index (χ0v) is 63.2. The zero-order chi connectivity index (χ0) is 79.9. The van der Waals surface area contributed by atoms with Crippen molar-refractivity contribution in [3.63, 3.8) is 0 Å². The van der Waals surface area contributed by atoms with Crippen LogP contribution in [0.3, 0.4) is 0 Å². The van der Waals surface area contributed by atoms with Crippen LogP contribution < -0.4 is 44.6 Å². The van der Waals surface area contributed by atoms with Gasteiger partial charge in [0.2, 0.25) is 29.5 Å². The second-order valence-corrected chi connectivity index (χ2v) is 28.1. The number of ketones is 1. The number of ether oxygens (including phenoxy) is 6. The van der Waals surface area contributed by atoms with Gasteiger partial charge in [-0.1, -0.05) is 109 Å². The largest absolute Gasteiger partial charge is 0.443 e.